The van der Waals surface area contributed by atoms with Gasteiger partial charge in [-0.05, 0) is 57.2 Å². The van der Waals surface area contributed by atoms with Crippen molar-refractivity contribution in [1.29, 1.82) is 0 Å². The summed E-state index contributed by atoms with van der Waals surface area (Å²) in [4.78, 5) is 16.4. The van der Waals surface area contributed by atoms with E-state index in [1.807, 2.05) is 11.9 Å². The highest BCUT2D eigenvalue weighted by Gasteiger charge is 2.13. The second-order valence-corrected chi connectivity index (χ2v) is 5.22. The fraction of sp³-hybridized carbons (Fsp3) is 0.533. The zero-order valence-corrected chi connectivity index (χ0v) is 11.4. The van der Waals surface area contributed by atoms with E-state index in [0.717, 1.165) is 13.1 Å². The van der Waals surface area contributed by atoms with Crippen molar-refractivity contribution in [2.45, 2.75) is 12.8 Å². The van der Waals surface area contributed by atoms with Gasteiger partial charge in [-0.25, -0.2) is 4.39 Å². The Hall–Kier alpha value is -1.26. The van der Waals surface area contributed by atoms with Crippen LogP contribution in [0.4, 0.5) is 4.39 Å². The van der Waals surface area contributed by atoms with Crippen LogP contribution < -0.4 is 0 Å². The van der Waals surface area contributed by atoms with E-state index >= 15 is 0 Å². The minimum Gasteiger partial charge on any atom is -0.302 e. The first-order chi connectivity index (χ1) is 9.15. The van der Waals surface area contributed by atoms with E-state index in [2.05, 4.69) is 4.90 Å². The molecule has 0 atom stereocenters. The molecular weight excluding hydrogens is 243 g/mol. The molecule has 1 aromatic rings. The van der Waals surface area contributed by atoms with Crippen LogP contribution in [0.3, 0.4) is 0 Å². The Labute approximate surface area is 114 Å². The predicted octanol–water partition coefficient (Wildman–Crippen LogP) is 2.04. The summed E-state index contributed by atoms with van der Waals surface area (Å²) in [6.07, 6.45) is 2.58. The average molecular weight is 264 g/mol. The van der Waals surface area contributed by atoms with Crippen molar-refractivity contribution in [3.05, 3.63) is 35.6 Å². The lowest BCUT2D eigenvalue weighted by Gasteiger charge is -2.20. The van der Waals surface area contributed by atoms with Crippen LogP contribution in [-0.2, 0) is 0 Å². The van der Waals surface area contributed by atoms with Crippen molar-refractivity contribution in [3.63, 3.8) is 0 Å². The highest BCUT2D eigenvalue weighted by Crippen LogP contribution is 2.07. The number of carbonyl (C=O) groups is 1. The number of rotatable bonds is 6. The monoisotopic (exact) mass is 264 g/mol. The summed E-state index contributed by atoms with van der Waals surface area (Å²) in [6.45, 7) is 4.67. The van der Waals surface area contributed by atoms with Gasteiger partial charge in [0.25, 0.3) is 0 Å². The molecule has 3 nitrogen and oxygen atoms in total. The topological polar surface area (TPSA) is 23.6 Å². The molecule has 0 radical (unpaired) electrons. The molecule has 104 valence electrons. The number of Topliss-reactive ketones (excluding diaryl/α,β-unsaturated/α-hetero) is 1. The van der Waals surface area contributed by atoms with E-state index in [1.54, 1.807) is 12.1 Å². The number of hydrogen-bond donors (Lipinski definition) is 0. The summed E-state index contributed by atoms with van der Waals surface area (Å²) in [6, 6.07) is 5.76. The second kappa shape index (κ2) is 6.78. The first-order valence-corrected chi connectivity index (χ1v) is 6.85. The summed E-state index contributed by atoms with van der Waals surface area (Å²) in [5.41, 5.74) is 0.578. The summed E-state index contributed by atoms with van der Waals surface area (Å²) in [7, 11) is 1.96. The summed E-state index contributed by atoms with van der Waals surface area (Å²) in [5, 5.41) is 0. The highest BCUT2D eigenvalue weighted by atomic mass is 19.1. The SMILES string of the molecule is CN(CCN1CCCC1)CC(=O)c1ccc(F)cc1. The lowest BCUT2D eigenvalue weighted by molar-refractivity contribution is 0.0941. The van der Waals surface area contributed by atoms with Crippen molar-refractivity contribution < 1.29 is 9.18 Å². The van der Waals surface area contributed by atoms with Gasteiger partial charge in [0.2, 0.25) is 0 Å². The number of ketones is 1. The molecule has 1 heterocycles. The minimum absolute atomic E-state index is 0.0453. The number of carbonyl (C=O) groups excluding carboxylic acids is 1. The largest absolute Gasteiger partial charge is 0.302 e. The van der Waals surface area contributed by atoms with Gasteiger partial charge in [-0.15, -0.1) is 0 Å². The molecule has 1 aromatic carbocycles. The molecule has 0 saturated carbocycles. The zero-order chi connectivity index (χ0) is 13.7. The molecule has 2 rings (SSSR count). The van der Waals surface area contributed by atoms with E-state index in [-0.39, 0.29) is 11.6 Å². The molecule has 1 aliphatic heterocycles. The quantitative estimate of drug-likeness (QED) is 0.735. The van der Waals surface area contributed by atoms with Gasteiger partial charge in [-0.2, -0.15) is 0 Å². The van der Waals surface area contributed by atoms with E-state index in [0.29, 0.717) is 12.1 Å². The fourth-order valence-corrected chi connectivity index (χ4v) is 2.37. The van der Waals surface area contributed by atoms with E-state index in [4.69, 9.17) is 0 Å². The lowest BCUT2D eigenvalue weighted by atomic mass is 10.1. The van der Waals surface area contributed by atoms with E-state index in [9.17, 15) is 9.18 Å². The third-order valence-corrected chi connectivity index (χ3v) is 3.58. The predicted molar refractivity (Wildman–Crippen MR) is 73.9 cm³/mol. The molecule has 19 heavy (non-hydrogen) atoms. The number of likely N-dealkylation sites (N-methyl/N-ethyl adjacent to an activating group) is 1. The van der Waals surface area contributed by atoms with Crippen molar-refractivity contribution in [1.82, 2.24) is 9.80 Å². The Morgan fingerprint density at radius 1 is 1.26 bits per heavy atom. The smallest absolute Gasteiger partial charge is 0.176 e. The molecular formula is C15H21FN2O. The van der Waals surface area contributed by atoms with Gasteiger partial charge in [0.05, 0.1) is 6.54 Å². The average Bonchev–Trinajstić information content (AvgIpc) is 2.90. The van der Waals surface area contributed by atoms with E-state index < -0.39 is 0 Å². The third-order valence-electron chi connectivity index (χ3n) is 3.58. The Morgan fingerprint density at radius 2 is 1.89 bits per heavy atom. The molecule has 0 N–H and O–H groups in total. The Balaban J connectivity index is 1.76. The van der Waals surface area contributed by atoms with Crippen LogP contribution in [0.15, 0.2) is 24.3 Å². The Morgan fingerprint density at radius 3 is 2.53 bits per heavy atom. The maximum atomic E-state index is 12.8. The van der Waals surface area contributed by atoms with Crippen molar-refractivity contribution >= 4 is 5.78 Å². The van der Waals surface area contributed by atoms with Crippen LogP contribution >= 0.6 is 0 Å². The molecule has 0 aromatic heterocycles. The van der Waals surface area contributed by atoms with Crippen molar-refractivity contribution in [3.8, 4) is 0 Å². The molecule has 0 unspecified atom stereocenters. The van der Waals surface area contributed by atoms with Crippen LogP contribution in [-0.4, -0.2) is 55.4 Å². The van der Waals surface area contributed by atoms with Crippen LogP contribution in [0.1, 0.15) is 23.2 Å². The Bertz CT molecular complexity index is 413. The second-order valence-electron chi connectivity index (χ2n) is 5.22. The third kappa shape index (κ3) is 4.40. The standard InChI is InChI=1S/C15H21FN2O/c1-17(10-11-18-8-2-3-9-18)12-15(19)13-4-6-14(16)7-5-13/h4-7H,2-3,8-12H2,1H3. The highest BCUT2D eigenvalue weighted by molar-refractivity contribution is 5.97. The summed E-state index contributed by atoms with van der Waals surface area (Å²) < 4.78 is 12.8. The number of likely N-dealkylation sites (tertiary alicyclic amines) is 1. The zero-order valence-electron chi connectivity index (χ0n) is 11.4. The Kier molecular flexibility index (Phi) is 5.05. The maximum Gasteiger partial charge on any atom is 0.176 e. The molecule has 0 spiro atoms. The number of benzene rings is 1. The van der Waals surface area contributed by atoms with Crippen LogP contribution in [0.2, 0.25) is 0 Å². The van der Waals surface area contributed by atoms with Crippen LogP contribution in [0, 0.1) is 5.82 Å². The van der Waals surface area contributed by atoms with Crippen molar-refractivity contribution in [2.75, 3.05) is 39.8 Å². The fourth-order valence-electron chi connectivity index (χ4n) is 2.37. The molecule has 0 bridgehead atoms. The van der Waals surface area contributed by atoms with Gasteiger partial charge >= 0.3 is 0 Å². The normalized spacial score (nSPS) is 16.2. The lowest BCUT2D eigenvalue weighted by Crippen LogP contribution is -2.34. The van der Waals surface area contributed by atoms with Gasteiger partial charge in [0.15, 0.2) is 5.78 Å². The van der Waals surface area contributed by atoms with Gasteiger partial charge in [-0.3, -0.25) is 9.69 Å². The first-order valence-electron chi connectivity index (χ1n) is 6.85. The molecule has 0 amide bonds. The summed E-state index contributed by atoms with van der Waals surface area (Å²) in [5.74, 6) is -0.261. The molecule has 4 heteroatoms. The number of nitrogens with zero attached hydrogens (tertiary/aromatic N) is 2. The van der Waals surface area contributed by atoms with Gasteiger partial charge in [-0.1, -0.05) is 0 Å². The van der Waals surface area contributed by atoms with Gasteiger partial charge < -0.3 is 4.90 Å². The van der Waals surface area contributed by atoms with Crippen molar-refractivity contribution in [2.24, 2.45) is 0 Å². The molecule has 0 aliphatic carbocycles. The van der Waals surface area contributed by atoms with Gasteiger partial charge in [0, 0.05) is 18.7 Å². The number of hydrogen-bond acceptors (Lipinski definition) is 3. The first kappa shape index (κ1) is 14.2. The molecule has 1 saturated heterocycles. The maximum absolute atomic E-state index is 12.8. The van der Waals surface area contributed by atoms with Crippen LogP contribution in [0.25, 0.3) is 0 Å². The molecule has 1 fully saturated rings. The molecule has 1 aliphatic rings. The number of halogens is 1. The van der Waals surface area contributed by atoms with E-state index in [1.165, 1.54) is 38.1 Å². The van der Waals surface area contributed by atoms with Crippen LogP contribution in [0.5, 0.6) is 0 Å². The minimum atomic E-state index is -0.307. The van der Waals surface area contributed by atoms with Gasteiger partial charge in [0.1, 0.15) is 5.82 Å². The summed E-state index contributed by atoms with van der Waals surface area (Å²) >= 11 is 0.